The summed E-state index contributed by atoms with van der Waals surface area (Å²) in [6.45, 7) is 6.13. The van der Waals surface area contributed by atoms with Crippen molar-refractivity contribution in [2.75, 3.05) is 0 Å². The van der Waals surface area contributed by atoms with Gasteiger partial charge >= 0.3 is 5.97 Å². The van der Waals surface area contributed by atoms with E-state index < -0.39 is 5.97 Å². The van der Waals surface area contributed by atoms with E-state index in [4.69, 9.17) is 0 Å². The number of carbonyl (C=O) groups is 1. The van der Waals surface area contributed by atoms with Crippen molar-refractivity contribution in [3.8, 4) is 11.3 Å². The van der Waals surface area contributed by atoms with E-state index >= 15 is 0 Å². The molecule has 0 saturated carbocycles. The molecule has 0 aliphatic heterocycles. The van der Waals surface area contributed by atoms with Crippen molar-refractivity contribution in [1.82, 2.24) is 4.98 Å². The lowest BCUT2D eigenvalue weighted by molar-refractivity contribution is 0.0695. The summed E-state index contributed by atoms with van der Waals surface area (Å²) in [6, 6.07) is 9.66. The Morgan fingerprint density at radius 2 is 1.95 bits per heavy atom. The molecule has 0 aliphatic carbocycles. The number of carboxylic acid groups (broad SMARTS) is 1. The van der Waals surface area contributed by atoms with Crippen molar-refractivity contribution < 1.29 is 9.90 Å². The second kappa shape index (κ2) is 5.87. The number of aromatic carboxylic acids is 1. The van der Waals surface area contributed by atoms with Gasteiger partial charge in [0.15, 0.2) is 0 Å². The number of hydrogen-bond donors (Lipinski definition) is 1. The smallest absolute Gasteiger partial charge is 0.337 e. The van der Waals surface area contributed by atoms with E-state index in [1.807, 2.05) is 13.0 Å². The molecule has 1 N–H and O–H groups in total. The van der Waals surface area contributed by atoms with Gasteiger partial charge in [0.1, 0.15) is 0 Å². The van der Waals surface area contributed by atoms with Gasteiger partial charge in [0, 0.05) is 5.56 Å². The maximum atomic E-state index is 11.2. The Morgan fingerprint density at radius 3 is 2.55 bits per heavy atom. The Bertz CT molecular complexity index is 647. The van der Waals surface area contributed by atoms with Gasteiger partial charge in [-0.25, -0.2) is 4.79 Å². The minimum atomic E-state index is -0.909. The average Bonchev–Trinajstić information content (AvgIpc) is 2.38. The molecule has 3 heteroatoms. The molecular weight excluding hydrogens is 250 g/mol. The van der Waals surface area contributed by atoms with Gasteiger partial charge in [0.25, 0.3) is 0 Å². The standard InChI is InChI=1S/C17H19NO2/c1-4-5-15-14(17(19)20)8-9-16(18-15)13-7-6-11(2)10-12(13)3/h6-10H,4-5H2,1-3H3,(H,19,20). The highest BCUT2D eigenvalue weighted by Gasteiger charge is 2.13. The molecule has 1 heterocycles. The molecular formula is C17H19NO2. The van der Waals surface area contributed by atoms with E-state index in [0.29, 0.717) is 17.7 Å². The minimum absolute atomic E-state index is 0.306. The monoisotopic (exact) mass is 269 g/mol. The number of rotatable bonds is 4. The lowest BCUT2D eigenvalue weighted by Gasteiger charge is -2.10. The summed E-state index contributed by atoms with van der Waals surface area (Å²) in [5.41, 5.74) is 5.24. The molecule has 0 aliphatic rings. The summed E-state index contributed by atoms with van der Waals surface area (Å²) >= 11 is 0. The number of nitrogens with zero attached hydrogens (tertiary/aromatic N) is 1. The van der Waals surface area contributed by atoms with Crippen molar-refractivity contribution in [1.29, 1.82) is 0 Å². The van der Waals surface area contributed by atoms with Gasteiger partial charge in [0.05, 0.1) is 17.0 Å². The molecule has 0 bridgehead atoms. The van der Waals surface area contributed by atoms with Gasteiger partial charge < -0.3 is 5.11 Å². The number of aryl methyl sites for hydroxylation is 3. The maximum absolute atomic E-state index is 11.2. The van der Waals surface area contributed by atoms with Crippen molar-refractivity contribution in [3.05, 3.63) is 52.7 Å². The molecule has 1 aromatic carbocycles. The third-order valence-electron chi connectivity index (χ3n) is 3.35. The van der Waals surface area contributed by atoms with Gasteiger partial charge in [0.2, 0.25) is 0 Å². The van der Waals surface area contributed by atoms with Crippen molar-refractivity contribution in [3.63, 3.8) is 0 Å². The zero-order valence-electron chi connectivity index (χ0n) is 12.1. The van der Waals surface area contributed by atoms with Crippen LogP contribution in [0.4, 0.5) is 0 Å². The molecule has 0 spiro atoms. The van der Waals surface area contributed by atoms with Crippen LogP contribution >= 0.6 is 0 Å². The summed E-state index contributed by atoms with van der Waals surface area (Å²) in [6.07, 6.45) is 1.56. The summed E-state index contributed by atoms with van der Waals surface area (Å²) in [5, 5.41) is 9.20. The van der Waals surface area contributed by atoms with Crippen LogP contribution in [0.3, 0.4) is 0 Å². The molecule has 0 atom stereocenters. The van der Waals surface area contributed by atoms with Crippen LogP contribution in [0.2, 0.25) is 0 Å². The highest BCUT2D eigenvalue weighted by Crippen LogP contribution is 2.24. The van der Waals surface area contributed by atoms with E-state index in [1.54, 1.807) is 12.1 Å². The van der Waals surface area contributed by atoms with Crippen LogP contribution in [0, 0.1) is 13.8 Å². The molecule has 20 heavy (non-hydrogen) atoms. The fraction of sp³-hybridized carbons (Fsp3) is 0.294. The molecule has 0 saturated heterocycles. The Kier molecular flexibility index (Phi) is 4.18. The largest absolute Gasteiger partial charge is 0.478 e. The summed E-state index contributed by atoms with van der Waals surface area (Å²) in [7, 11) is 0. The van der Waals surface area contributed by atoms with Gasteiger partial charge in [-0.05, 0) is 38.0 Å². The minimum Gasteiger partial charge on any atom is -0.478 e. The van der Waals surface area contributed by atoms with E-state index in [1.165, 1.54) is 5.56 Å². The van der Waals surface area contributed by atoms with Crippen molar-refractivity contribution in [2.24, 2.45) is 0 Å². The van der Waals surface area contributed by atoms with Crippen LogP contribution in [0.5, 0.6) is 0 Å². The predicted molar refractivity (Wildman–Crippen MR) is 80.1 cm³/mol. The molecule has 0 radical (unpaired) electrons. The Labute approximate surface area is 119 Å². The summed E-state index contributed by atoms with van der Waals surface area (Å²) < 4.78 is 0. The third-order valence-corrected chi connectivity index (χ3v) is 3.35. The van der Waals surface area contributed by atoms with Crippen LogP contribution in [-0.2, 0) is 6.42 Å². The van der Waals surface area contributed by atoms with E-state index in [9.17, 15) is 9.90 Å². The summed E-state index contributed by atoms with van der Waals surface area (Å²) in [5.74, 6) is -0.909. The van der Waals surface area contributed by atoms with Gasteiger partial charge in [-0.3, -0.25) is 4.98 Å². The van der Waals surface area contributed by atoms with Crippen LogP contribution in [0.15, 0.2) is 30.3 Å². The quantitative estimate of drug-likeness (QED) is 0.912. The average molecular weight is 269 g/mol. The normalized spacial score (nSPS) is 10.6. The highest BCUT2D eigenvalue weighted by atomic mass is 16.4. The molecule has 0 unspecified atom stereocenters. The molecule has 0 amide bonds. The first-order valence-electron chi connectivity index (χ1n) is 6.83. The second-order valence-electron chi connectivity index (χ2n) is 5.06. The number of benzene rings is 1. The van der Waals surface area contributed by atoms with E-state index in [2.05, 4.69) is 31.0 Å². The van der Waals surface area contributed by atoms with E-state index in [-0.39, 0.29) is 0 Å². The van der Waals surface area contributed by atoms with Gasteiger partial charge in [-0.15, -0.1) is 0 Å². The second-order valence-corrected chi connectivity index (χ2v) is 5.06. The molecule has 3 nitrogen and oxygen atoms in total. The summed E-state index contributed by atoms with van der Waals surface area (Å²) in [4.78, 5) is 15.8. The number of pyridine rings is 1. The van der Waals surface area contributed by atoms with Crippen LogP contribution in [0.25, 0.3) is 11.3 Å². The zero-order valence-corrected chi connectivity index (χ0v) is 12.1. The molecule has 2 aromatic rings. The SMILES string of the molecule is CCCc1nc(-c2ccc(C)cc2C)ccc1C(=O)O. The number of hydrogen-bond acceptors (Lipinski definition) is 2. The lowest BCUT2D eigenvalue weighted by Crippen LogP contribution is -2.05. The molecule has 104 valence electrons. The van der Waals surface area contributed by atoms with Crippen LogP contribution in [0.1, 0.15) is 40.5 Å². The van der Waals surface area contributed by atoms with E-state index in [0.717, 1.165) is 23.2 Å². The van der Waals surface area contributed by atoms with Gasteiger partial charge in [-0.2, -0.15) is 0 Å². The topological polar surface area (TPSA) is 50.2 Å². The van der Waals surface area contributed by atoms with Gasteiger partial charge in [-0.1, -0.05) is 37.1 Å². The Balaban J connectivity index is 2.52. The first kappa shape index (κ1) is 14.3. The fourth-order valence-electron chi connectivity index (χ4n) is 2.37. The highest BCUT2D eigenvalue weighted by molar-refractivity contribution is 5.89. The van der Waals surface area contributed by atoms with Crippen molar-refractivity contribution >= 4 is 5.97 Å². The Hall–Kier alpha value is -2.16. The number of aromatic nitrogens is 1. The predicted octanol–water partition coefficient (Wildman–Crippen LogP) is 4.02. The first-order valence-corrected chi connectivity index (χ1v) is 6.83. The first-order chi connectivity index (χ1) is 9.52. The van der Waals surface area contributed by atoms with Crippen LogP contribution in [-0.4, -0.2) is 16.1 Å². The lowest BCUT2D eigenvalue weighted by atomic mass is 10.0. The van der Waals surface area contributed by atoms with Crippen molar-refractivity contribution in [2.45, 2.75) is 33.6 Å². The zero-order chi connectivity index (χ0) is 14.7. The Morgan fingerprint density at radius 1 is 1.20 bits per heavy atom. The molecule has 0 fully saturated rings. The molecule has 2 rings (SSSR count). The number of carboxylic acids is 1. The third kappa shape index (κ3) is 2.87. The fourth-order valence-corrected chi connectivity index (χ4v) is 2.37. The molecule has 1 aromatic heterocycles. The maximum Gasteiger partial charge on any atom is 0.337 e. The van der Waals surface area contributed by atoms with Crippen LogP contribution < -0.4 is 0 Å².